The van der Waals surface area contributed by atoms with Crippen molar-refractivity contribution < 1.29 is 13.2 Å². The summed E-state index contributed by atoms with van der Waals surface area (Å²) in [6.45, 7) is 2.69. The Morgan fingerprint density at radius 3 is 2.65 bits per heavy atom. The van der Waals surface area contributed by atoms with E-state index in [9.17, 15) is 13.2 Å². The molecular formula is C15H19ClF3N. The van der Waals surface area contributed by atoms with Gasteiger partial charge in [-0.25, -0.2) is 0 Å². The van der Waals surface area contributed by atoms with Crippen LogP contribution in [0.4, 0.5) is 18.9 Å². The number of hydrogen-bond acceptors (Lipinski definition) is 1. The quantitative estimate of drug-likeness (QED) is 0.678. The fourth-order valence-corrected chi connectivity index (χ4v) is 2.94. The molecule has 0 saturated carbocycles. The second kappa shape index (κ2) is 6.25. The minimum Gasteiger partial charge on any atom is -0.368 e. The molecule has 2 rings (SSSR count). The van der Waals surface area contributed by atoms with Crippen LogP contribution < -0.4 is 4.90 Å². The third-order valence-corrected chi connectivity index (χ3v) is 4.19. The number of halogens is 4. The van der Waals surface area contributed by atoms with Crippen LogP contribution in [0, 0.1) is 0 Å². The zero-order chi connectivity index (χ0) is 14.8. The van der Waals surface area contributed by atoms with Crippen LogP contribution in [-0.4, -0.2) is 12.6 Å². The van der Waals surface area contributed by atoms with Crippen molar-refractivity contribution in [2.45, 2.75) is 50.7 Å². The predicted molar refractivity (Wildman–Crippen MR) is 76.3 cm³/mol. The Hall–Kier alpha value is -0.900. The summed E-state index contributed by atoms with van der Waals surface area (Å²) in [5, 5.41) is 0. The molecule has 1 aromatic carbocycles. The van der Waals surface area contributed by atoms with E-state index in [2.05, 4.69) is 0 Å². The first-order valence-electron chi connectivity index (χ1n) is 6.96. The summed E-state index contributed by atoms with van der Waals surface area (Å²) in [4.78, 5) is 1.90. The van der Waals surface area contributed by atoms with Gasteiger partial charge in [0.05, 0.1) is 5.56 Å². The Morgan fingerprint density at radius 1 is 1.25 bits per heavy atom. The van der Waals surface area contributed by atoms with Gasteiger partial charge in [0.15, 0.2) is 0 Å². The zero-order valence-corrected chi connectivity index (χ0v) is 12.3. The maximum absolute atomic E-state index is 13.3. The van der Waals surface area contributed by atoms with Crippen molar-refractivity contribution in [1.29, 1.82) is 0 Å². The molecule has 1 fully saturated rings. The lowest BCUT2D eigenvalue weighted by molar-refractivity contribution is -0.137. The van der Waals surface area contributed by atoms with Gasteiger partial charge in [-0.1, -0.05) is 18.9 Å². The summed E-state index contributed by atoms with van der Waals surface area (Å²) >= 11 is 5.66. The summed E-state index contributed by atoms with van der Waals surface area (Å²) in [6.07, 6.45) is -0.294. The average molecular weight is 306 g/mol. The van der Waals surface area contributed by atoms with Crippen LogP contribution in [0.2, 0.25) is 0 Å². The van der Waals surface area contributed by atoms with Crippen LogP contribution >= 0.6 is 11.6 Å². The topological polar surface area (TPSA) is 3.24 Å². The largest absolute Gasteiger partial charge is 0.418 e. The molecule has 1 saturated heterocycles. The first kappa shape index (κ1) is 15.5. The van der Waals surface area contributed by atoms with Crippen LogP contribution in [0.5, 0.6) is 0 Å². The fourth-order valence-electron chi connectivity index (χ4n) is 2.78. The molecule has 1 unspecified atom stereocenters. The minimum absolute atomic E-state index is 0.0961. The molecule has 112 valence electrons. The van der Waals surface area contributed by atoms with E-state index >= 15 is 0 Å². The summed E-state index contributed by atoms with van der Waals surface area (Å²) in [7, 11) is 0. The normalized spacial score (nSPS) is 20.9. The monoisotopic (exact) mass is 305 g/mol. The molecule has 0 amide bonds. The summed E-state index contributed by atoms with van der Waals surface area (Å²) in [5.74, 6) is 0.0961. The van der Waals surface area contributed by atoms with E-state index in [1.54, 1.807) is 12.1 Å². The van der Waals surface area contributed by atoms with E-state index in [0.717, 1.165) is 25.7 Å². The first-order chi connectivity index (χ1) is 9.43. The Kier molecular flexibility index (Phi) is 4.84. The smallest absolute Gasteiger partial charge is 0.368 e. The van der Waals surface area contributed by atoms with Crippen LogP contribution in [0.25, 0.3) is 0 Å². The molecular weight excluding hydrogens is 287 g/mol. The number of rotatable bonds is 2. The van der Waals surface area contributed by atoms with Gasteiger partial charge in [-0.3, -0.25) is 0 Å². The summed E-state index contributed by atoms with van der Waals surface area (Å²) in [6, 6.07) is 4.58. The first-order valence-corrected chi connectivity index (χ1v) is 7.49. The Bertz CT molecular complexity index is 459. The second-order valence-corrected chi connectivity index (χ2v) is 5.64. The van der Waals surface area contributed by atoms with Gasteiger partial charge in [0.25, 0.3) is 0 Å². The van der Waals surface area contributed by atoms with E-state index in [4.69, 9.17) is 11.6 Å². The molecule has 1 nitrogen and oxygen atoms in total. The van der Waals surface area contributed by atoms with Crippen LogP contribution in [0.3, 0.4) is 0 Å². The van der Waals surface area contributed by atoms with E-state index in [-0.39, 0.29) is 11.9 Å². The molecule has 5 heteroatoms. The summed E-state index contributed by atoms with van der Waals surface area (Å²) in [5.41, 5.74) is 0.232. The van der Waals surface area contributed by atoms with Gasteiger partial charge in [-0.2, -0.15) is 13.2 Å². The number of benzene rings is 1. The van der Waals surface area contributed by atoms with Crippen molar-refractivity contribution in [2.24, 2.45) is 0 Å². The lowest BCUT2D eigenvalue weighted by atomic mass is 10.1. The number of nitrogens with zero attached hydrogens (tertiary/aromatic N) is 1. The molecule has 0 spiro atoms. The van der Waals surface area contributed by atoms with Gasteiger partial charge in [0.1, 0.15) is 0 Å². The number of alkyl halides is 4. The predicted octanol–water partition coefficient (Wildman–Crippen LogP) is 5.21. The van der Waals surface area contributed by atoms with Crippen molar-refractivity contribution in [3.63, 3.8) is 0 Å². The molecule has 1 atom stereocenters. The SMILES string of the molecule is CC1CCCCCN1c1ccc(CCl)cc1C(F)(F)F. The fraction of sp³-hybridized carbons (Fsp3) is 0.600. The van der Waals surface area contributed by atoms with Gasteiger partial charge in [-0.15, -0.1) is 11.6 Å². The highest BCUT2D eigenvalue weighted by atomic mass is 35.5. The van der Waals surface area contributed by atoms with Gasteiger partial charge in [0.2, 0.25) is 0 Å². The second-order valence-electron chi connectivity index (χ2n) is 5.37. The molecule has 0 bridgehead atoms. The zero-order valence-electron chi connectivity index (χ0n) is 11.5. The molecule has 1 heterocycles. The molecule has 0 N–H and O–H groups in total. The van der Waals surface area contributed by atoms with Crippen molar-refractivity contribution in [3.05, 3.63) is 29.3 Å². The van der Waals surface area contributed by atoms with E-state index in [1.165, 1.54) is 6.07 Å². The Morgan fingerprint density at radius 2 is 2.00 bits per heavy atom. The highest BCUT2D eigenvalue weighted by molar-refractivity contribution is 6.17. The van der Waals surface area contributed by atoms with Gasteiger partial charge >= 0.3 is 6.18 Å². The average Bonchev–Trinajstić information content (AvgIpc) is 2.62. The molecule has 0 aromatic heterocycles. The highest BCUT2D eigenvalue weighted by Crippen LogP contribution is 2.39. The minimum atomic E-state index is -4.34. The maximum atomic E-state index is 13.3. The highest BCUT2D eigenvalue weighted by Gasteiger charge is 2.36. The third kappa shape index (κ3) is 3.40. The molecule has 1 aliphatic heterocycles. The number of hydrogen-bond donors (Lipinski definition) is 0. The van der Waals surface area contributed by atoms with E-state index in [0.29, 0.717) is 17.8 Å². The maximum Gasteiger partial charge on any atom is 0.418 e. The van der Waals surface area contributed by atoms with Crippen molar-refractivity contribution >= 4 is 17.3 Å². The summed E-state index contributed by atoms with van der Waals surface area (Å²) < 4.78 is 39.8. The third-order valence-electron chi connectivity index (χ3n) is 3.88. The van der Waals surface area contributed by atoms with Crippen molar-refractivity contribution in [3.8, 4) is 0 Å². The molecule has 0 aliphatic carbocycles. The van der Waals surface area contributed by atoms with Crippen LogP contribution in [0.1, 0.15) is 43.7 Å². The lowest BCUT2D eigenvalue weighted by Gasteiger charge is -2.32. The Balaban J connectivity index is 2.43. The van der Waals surface area contributed by atoms with Crippen LogP contribution in [0.15, 0.2) is 18.2 Å². The molecule has 20 heavy (non-hydrogen) atoms. The van der Waals surface area contributed by atoms with Crippen molar-refractivity contribution in [1.82, 2.24) is 0 Å². The molecule has 1 aromatic rings. The van der Waals surface area contributed by atoms with E-state index < -0.39 is 11.7 Å². The van der Waals surface area contributed by atoms with Gasteiger partial charge < -0.3 is 4.90 Å². The lowest BCUT2D eigenvalue weighted by Crippen LogP contribution is -2.34. The molecule has 0 radical (unpaired) electrons. The van der Waals surface area contributed by atoms with Crippen LogP contribution in [-0.2, 0) is 12.1 Å². The Labute approximate surface area is 122 Å². The van der Waals surface area contributed by atoms with Crippen molar-refractivity contribution in [2.75, 3.05) is 11.4 Å². The van der Waals surface area contributed by atoms with Gasteiger partial charge in [-0.05, 0) is 37.5 Å². The standard InChI is InChI=1S/C15H19ClF3N/c1-11-5-3-2-4-8-20(11)14-7-6-12(10-16)9-13(14)15(17,18)19/h6-7,9,11H,2-5,8,10H2,1H3. The van der Waals surface area contributed by atoms with Gasteiger partial charge in [0, 0.05) is 24.2 Å². The van der Waals surface area contributed by atoms with E-state index in [1.807, 2.05) is 11.8 Å². The molecule has 1 aliphatic rings. The number of anilines is 1.